The van der Waals surface area contributed by atoms with Crippen molar-refractivity contribution in [1.82, 2.24) is 14.5 Å². The van der Waals surface area contributed by atoms with Gasteiger partial charge in [-0.15, -0.1) is 11.3 Å². The minimum atomic E-state index is 0.712. The van der Waals surface area contributed by atoms with Gasteiger partial charge in [0.15, 0.2) is 5.82 Å². The van der Waals surface area contributed by atoms with E-state index in [-0.39, 0.29) is 0 Å². The van der Waals surface area contributed by atoms with Crippen LogP contribution in [-0.2, 0) is 0 Å². The maximum Gasteiger partial charge on any atom is 0.160 e. The minimum absolute atomic E-state index is 0.712. The Morgan fingerprint density at radius 2 is 0.848 bits per heavy atom. The molecule has 4 heteroatoms. The molecule has 0 aliphatic heterocycles. The molecule has 308 valence electrons. The summed E-state index contributed by atoms with van der Waals surface area (Å²) < 4.78 is 4.99. The van der Waals surface area contributed by atoms with E-state index in [0.29, 0.717) is 5.82 Å². The van der Waals surface area contributed by atoms with Gasteiger partial charge in [-0.2, -0.15) is 0 Å². The van der Waals surface area contributed by atoms with Crippen LogP contribution in [0.2, 0.25) is 0 Å². The third-order valence-electron chi connectivity index (χ3n) is 13.0. The predicted octanol–water partition coefficient (Wildman–Crippen LogP) is 17.1. The maximum atomic E-state index is 5.30. The van der Waals surface area contributed by atoms with Crippen molar-refractivity contribution in [2.45, 2.75) is 0 Å². The third kappa shape index (κ3) is 6.50. The van der Waals surface area contributed by atoms with Gasteiger partial charge in [0.25, 0.3) is 0 Å². The van der Waals surface area contributed by atoms with Crippen molar-refractivity contribution < 1.29 is 0 Å². The first-order chi connectivity index (χ1) is 32.7. The van der Waals surface area contributed by atoms with Crippen LogP contribution >= 0.6 is 11.3 Å². The fourth-order valence-corrected chi connectivity index (χ4v) is 11.0. The molecule has 66 heavy (non-hydrogen) atoms. The van der Waals surface area contributed by atoms with Crippen molar-refractivity contribution in [2.75, 3.05) is 0 Å². The second kappa shape index (κ2) is 15.7. The fourth-order valence-electron chi connectivity index (χ4n) is 9.79. The van der Waals surface area contributed by atoms with Crippen LogP contribution in [-0.4, -0.2) is 14.5 Å². The molecule has 0 bridgehead atoms. The highest BCUT2D eigenvalue weighted by Crippen LogP contribution is 2.41. The molecule has 0 unspecified atom stereocenters. The van der Waals surface area contributed by atoms with Gasteiger partial charge in [0.1, 0.15) is 0 Å². The Morgan fingerprint density at radius 1 is 0.318 bits per heavy atom. The predicted molar refractivity (Wildman–Crippen MR) is 279 cm³/mol. The summed E-state index contributed by atoms with van der Waals surface area (Å²) in [6.45, 7) is 0. The summed E-state index contributed by atoms with van der Waals surface area (Å²) in [4.78, 5) is 10.5. The number of thiophene rings is 1. The first-order valence-corrected chi connectivity index (χ1v) is 23.2. The highest BCUT2D eigenvalue weighted by molar-refractivity contribution is 7.26. The molecule has 3 aromatic heterocycles. The number of hydrogen-bond donors (Lipinski definition) is 0. The van der Waals surface area contributed by atoms with Gasteiger partial charge in [-0.1, -0.05) is 176 Å². The van der Waals surface area contributed by atoms with Crippen molar-refractivity contribution in [3.63, 3.8) is 0 Å². The lowest BCUT2D eigenvalue weighted by Gasteiger charge is -2.13. The smallest absolute Gasteiger partial charge is 0.160 e. The molecule has 0 radical (unpaired) electrons. The van der Waals surface area contributed by atoms with Crippen LogP contribution < -0.4 is 0 Å². The normalized spacial score (nSPS) is 11.6. The van der Waals surface area contributed by atoms with E-state index in [9.17, 15) is 0 Å². The summed E-state index contributed by atoms with van der Waals surface area (Å²) in [6, 6.07) is 85.1. The van der Waals surface area contributed by atoms with Crippen molar-refractivity contribution in [2.24, 2.45) is 0 Å². The average Bonchev–Trinajstić information content (AvgIpc) is 3.95. The van der Waals surface area contributed by atoms with Crippen molar-refractivity contribution >= 4 is 64.2 Å². The summed E-state index contributed by atoms with van der Waals surface area (Å²) in [5.41, 5.74) is 16.9. The number of nitrogens with zero attached hydrogens (tertiary/aromatic N) is 3. The van der Waals surface area contributed by atoms with Crippen molar-refractivity contribution in [3.8, 4) is 72.8 Å². The largest absolute Gasteiger partial charge is 0.309 e. The molecule has 13 rings (SSSR count). The first-order valence-electron chi connectivity index (χ1n) is 22.4. The molecule has 0 fully saturated rings. The van der Waals surface area contributed by atoms with Crippen LogP contribution in [0.5, 0.6) is 0 Å². The van der Waals surface area contributed by atoms with E-state index in [4.69, 9.17) is 9.97 Å². The van der Waals surface area contributed by atoms with Crippen LogP contribution in [0.15, 0.2) is 237 Å². The molecular weight excluding hydrogens is 819 g/mol. The van der Waals surface area contributed by atoms with Gasteiger partial charge in [0.05, 0.1) is 22.2 Å². The number of aromatic nitrogens is 3. The zero-order chi connectivity index (χ0) is 43.6. The summed E-state index contributed by atoms with van der Waals surface area (Å²) in [7, 11) is 0. The lowest BCUT2D eigenvalue weighted by molar-refractivity contribution is 1.18. The second-order valence-corrected chi connectivity index (χ2v) is 18.0. The maximum absolute atomic E-state index is 5.30. The Hall–Kier alpha value is -8.44. The average molecular weight is 858 g/mol. The van der Waals surface area contributed by atoms with E-state index in [1.54, 1.807) is 0 Å². The van der Waals surface area contributed by atoms with Crippen LogP contribution in [0.3, 0.4) is 0 Å². The van der Waals surface area contributed by atoms with Gasteiger partial charge in [-0.3, -0.25) is 0 Å². The van der Waals surface area contributed by atoms with E-state index in [1.165, 1.54) is 69.8 Å². The molecule has 3 nitrogen and oxygen atoms in total. The number of para-hydroxylation sites is 2. The van der Waals surface area contributed by atoms with Gasteiger partial charge in [-0.05, 0) is 105 Å². The van der Waals surface area contributed by atoms with Crippen LogP contribution in [0.1, 0.15) is 0 Å². The Balaban J connectivity index is 0.846. The van der Waals surface area contributed by atoms with E-state index in [0.717, 1.165) is 50.1 Å². The number of hydrogen-bond acceptors (Lipinski definition) is 3. The molecule has 0 N–H and O–H groups in total. The fraction of sp³-hybridized carbons (Fsp3) is 0. The van der Waals surface area contributed by atoms with Gasteiger partial charge in [0.2, 0.25) is 0 Å². The van der Waals surface area contributed by atoms with E-state index < -0.39 is 0 Å². The molecule has 0 spiro atoms. The van der Waals surface area contributed by atoms with E-state index in [2.05, 4.69) is 241 Å². The van der Waals surface area contributed by atoms with Gasteiger partial charge >= 0.3 is 0 Å². The lowest BCUT2D eigenvalue weighted by Crippen LogP contribution is -1.96. The molecular formula is C62H39N3S. The lowest BCUT2D eigenvalue weighted by atomic mass is 9.95. The quantitative estimate of drug-likeness (QED) is 0.160. The molecule has 0 amide bonds. The Bertz CT molecular complexity index is 3980. The standard InChI is InChI=1S/C62H39N3S/c1-3-14-41(15-4-1)60-55-39-47(32-34-56(55)63-62(64-60)42-30-28-40(29-31-42)50-24-13-25-53-52-23-8-10-27-59(52)66-61(50)53)45-18-11-16-43(36-45)44-17-12-19-46(37-44)48-33-35-58-54(38-48)51-22-7-9-26-57(51)65(58)49-20-5-2-6-21-49/h1-39H. The zero-order valence-corrected chi connectivity index (χ0v) is 36.6. The molecule has 10 aromatic carbocycles. The summed E-state index contributed by atoms with van der Waals surface area (Å²) in [6.07, 6.45) is 0. The highest BCUT2D eigenvalue weighted by atomic mass is 32.1. The molecule has 0 saturated heterocycles. The summed E-state index contributed by atoms with van der Waals surface area (Å²) >= 11 is 1.86. The highest BCUT2D eigenvalue weighted by Gasteiger charge is 2.17. The summed E-state index contributed by atoms with van der Waals surface area (Å²) in [5, 5.41) is 6.13. The van der Waals surface area contributed by atoms with E-state index >= 15 is 0 Å². The monoisotopic (exact) mass is 857 g/mol. The SMILES string of the molecule is c1ccc(-c2nc(-c3ccc(-c4cccc5c4sc4ccccc45)cc3)nc3ccc(-c4cccc(-c5cccc(-c6ccc7c(c6)c6ccccc6n7-c6ccccc6)c5)c4)cc23)cc1. The molecule has 13 aromatic rings. The molecule has 0 aliphatic carbocycles. The first kappa shape index (κ1) is 38.1. The molecule has 0 aliphatic rings. The summed E-state index contributed by atoms with van der Waals surface area (Å²) in [5.74, 6) is 0.712. The third-order valence-corrected chi connectivity index (χ3v) is 14.2. The topological polar surface area (TPSA) is 30.7 Å². The van der Waals surface area contributed by atoms with Gasteiger partial charge in [0, 0.05) is 53.1 Å². The Kier molecular flexibility index (Phi) is 9.03. The van der Waals surface area contributed by atoms with Crippen molar-refractivity contribution in [1.29, 1.82) is 0 Å². The minimum Gasteiger partial charge on any atom is -0.309 e. The Labute approximate surface area is 386 Å². The van der Waals surface area contributed by atoms with Gasteiger partial charge in [-0.25, -0.2) is 9.97 Å². The van der Waals surface area contributed by atoms with Crippen LogP contribution in [0.25, 0.3) is 126 Å². The van der Waals surface area contributed by atoms with Crippen molar-refractivity contribution in [3.05, 3.63) is 237 Å². The van der Waals surface area contributed by atoms with Gasteiger partial charge < -0.3 is 4.57 Å². The van der Waals surface area contributed by atoms with Crippen LogP contribution in [0.4, 0.5) is 0 Å². The van der Waals surface area contributed by atoms with Crippen LogP contribution in [0, 0.1) is 0 Å². The molecule has 0 atom stereocenters. The zero-order valence-electron chi connectivity index (χ0n) is 35.8. The molecule has 3 heterocycles. The number of fused-ring (bicyclic) bond motifs is 7. The second-order valence-electron chi connectivity index (χ2n) is 16.9. The number of benzene rings is 10. The van der Waals surface area contributed by atoms with E-state index in [1.807, 2.05) is 11.3 Å². The Morgan fingerprint density at radius 3 is 1.59 bits per heavy atom. The number of rotatable bonds is 7. The molecule has 0 saturated carbocycles.